The molecule has 88 valence electrons. The predicted molar refractivity (Wildman–Crippen MR) is 60.0 cm³/mol. The van der Waals surface area contributed by atoms with Crippen molar-refractivity contribution in [3.8, 4) is 11.4 Å². The van der Waals surface area contributed by atoms with Crippen molar-refractivity contribution in [3.05, 3.63) is 24.4 Å². The maximum absolute atomic E-state index is 11.4. The van der Waals surface area contributed by atoms with Gasteiger partial charge < -0.3 is 15.0 Å². The quantitative estimate of drug-likeness (QED) is 0.747. The number of carbonyl (C=O) groups is 1. The highest BCUT2D eigenvalue weighted by atomic mass is 16.5. The van der Waals surface area contributed by atoms with Crippen LogP contribution in [-0.2, 0) is 11.8 Å². The number of esters is 1. The summed E-state index contributed by atoms with van der Waals surface area (Å²) in [5, 5.41) is 0. The first-order valence-electron chi connectivity index (χ1n) is 4.81. The molecule has 0 saturated heterocycles. The molecular weight excluding hydrogens is 222 g/mol. The molecule has 7 nitrogen and oxygen atoms in total. The van der Waals surface area contributed by atoms with Crippen LogP contribution >= 0.6 is 0 Å². The van der Waals surface area contributed by atoms with E-state index in [-0.39, 0.29) is 11.5 Å². The molecule has 0 aromatic carbocycles. The van der Waals surface area contributed by atoms with E-state index in [1.54, 1.807) is 17.1 Å². The van der Waals surface area contributed by atoms with Gasteiger partial charge in [0.1, 0.15) is 5.69 Å². The standard InChI is InChI=1S/C10H11N5O2/c1-15-5-12-4-7(15)6-3-13-9(11)8(14-6)10(16)17-2/h3-5H,1-2H3,(H2,11,13). The number of ether oxygens (including phenoxy) is 1. The average molecular weight is 233 g/mol. The minimum absolute atomic E-state index is 0.00574. The molecule has 0 amide bonds. The van der Waals surface area contributed by atoms with E-state index < -0.39 is 5.97 Å². The third kappa shape index (κ3) is 1.94. The van der Waals surface area contributed by atoms with Gasteiger partial charge in [0.2, 0.25) is 0 Å². The number of nitrogens with two attached hydrogens (primary N) is 1. The Morgan fingerprint density at radius 1 is 1.47 bits per heavy atom. The number of carbonyl (C=O) groups excluding carboxylic acids is 1. The molecule has 0 fully saturated rings. The van der Waals surface area contributed by atoms with Gasteiger partial charge in [-0.2, -0.15) is 0 Å². The lowest BCUT2D eigenvalue weighted by atomic mass is 10.3. The molecule has 0 spiro atoms. The van der Waals surface area contributed by atoms with Crippen LogP contribution in [0.25, 0.3) is 11.4 Å². The number of imidazole rings is 1. The molecule has 7 heteroatoms. The number of nitrogens with zero attached hydrogens (tertiary/aromatic N) is 4. The van der Waals surface area contributed by atoms with Crippen molar-refractivity contribution >= 4 is 11.8 Å². The van der Waals surface area contributed by atoms with Crippen LogP contribution in [-0.4, -0.2) is 32.6 Å². The van der Waals surface area contributed by atoms with E-state index in [1.807, 2.05) is 7.05 Å². The summed E-state index contributed by atoms with van der Waals surface area (Å²) in [6, 6.07) is 0. The maximum atomic E-state index is 11.4. The van der Waals surface area contributed by atoms with Crippen molar-refractivity contribution < 1.29 is 9.53 Å². The summed E-state index contributed by atoms with van der Waals surface area (Å²) in [7, 11) is 3.08. The third-order valence-electron chi connectivity index (χ3n) is 2.26. The zero-order chi connectivity index (χ0) is 12.4. The maximum Gasteiger partial charge on any atom is 0.360 e. The van der Waals surface area contributed by atoms with Gasteiger partial charge >= 0.3 is 5.97 Å². The first kappa shape index (κ1) is 11.1. The molecule has 0 radical (unpaired) electrons. The number of hydrogen-bond acceptors (Lipinski definition) is 6. The second kappa shape index (κ2) is 4.20. The lowest BCUT2D eigenvalue weighted by Crippen LogP contribution is -2.11. The second-order valence-corrected chi connectivity index (χ2v) is 3.37. The van der Waals surface area contributed by atoms with Gasteiger partial charge in [0.15, 0.2) is 11.5 Å². The fraction of sp³-hybridized carbons (Fsp3) is 0.200. The summed E-state index contributed by atoms with van der Waals surface area (Å²) in [5.74, 6) is -0.568. The van der Waals surface area contributed by atoms with Crippen LogP contribution in [0, 0.1) is 0 Å². The number of aromatic nitrogens is 4. The minimum atomic E-state index is -0.612. The van der Waals surface area contributed by atoms with Crippen molar-refractivity contribution in [3.63, 3.8) is 0 Å². The average Bonchev–Trinajstić information content (AvgIpc) is 2.75. The number of hydrogen-bond donors (Lipinski definition) is 1. The zero-order valence-corrected chi connectivity index (χ0v) is 9.41. The molecule has 2 aromatic heterocycles. The molecule has 2 aromatic rings. The third-order valence-corrected chi connectivity index (χ3v) is 2.26. The Hall–Kier alpha value is -2.44. The van der Waals surface area contributed by atoms with Gasteiger partial charge in [-0.1, -0.05) is 0 Å². The summed E-state index contributed by atoms with van der Waals surface area (Å²) in [4.78, 5) is 23.4. The lowest BCUT2D eigenvalue weighted by Gasteiger charge is -2.05. The highest BCUT2D eigenvalue weighted by molar-refractivity contribution is 5.92. The predicted octanol–water partition coefficient (Wildman–Crippen LogP) is 0.246. The van der Waals surface area contributed by atoms with Gasteiger partial charge in [0.25, 0.3) is 0 Å². The first-order chi connectivity index (χ1) is 8.13. The lowest BCUT2D eigenvalue weighted by molar-refractivity contribution is 0.0595. The van der Waals surface area contributed by atoms with Crippen LogP contribution in [0.4, 0.5) is 5.82 Å². The zero-order valence-electron chi connectivity index (χ0n) is 9.41. The van der Waals surface area contributed by atoms with Crippen LogP contribution < -0.4 is 5.73 Å². The Bertz CT molecular complexity index is 564. The second-order valence-electron chi connectivity index (χ2n) is 3.37. The Balaban J connectivity index is 2.52. The summed E-state index contributed by atoms with van der Waals surface area (Å²) in [5.41, 5.74) is 6.82. The molecule has 0 bridgehead atoms. The minimum Gasteiger partial charge on any atom is -0.464 e. The van der Waals surface area contributed by atoms with Gasteiger partial charge in [0.05, 0.1) is 31.5 Å². The number of aryl methyl sites for hydroxylation is 1. The summed E-state index contributed by atoms with van der Waals surface area (Å²) >= 11 is 0. The van der Waals surface area contributed by atoms with Gasteiger partial charge in [-0.3, -0.25) is 0 Å². The molecule has 0 unspecified atom stereocenters. The van der Waals surface area contributed by atoms with Crippen LogP contribution in [0.2, 0.25) is 0 Å². The van der Waals surface area contributed by atoms with Crippen molar-refractivity contribution in [1.82, 2.24) is 19.5 Å². The van der Waals surface area contributed by atoms with E-state index in [9.17, 15) is 4.79 Å². The van der Waals surface area contributed by atoms with Crippen molar-refractivity contribution in [2.24, 2.45) is 7.05 Å². The normalized spacial score (nSPS) is 10.2. The molecule has 2 N–H and O–H groups in total. The monoisotopic (exact) mass is 233 g/mol. The highest BCUT2D eigenvalue weighted by Gasteiger charge is 2.15. The molecule has 2 heterocycles. The fourth-order valence-corrected chi connectivity index (χ4v) is 1.37. The van der Waals surface area contributed by atoms with Crippen LogP contribution in [0.15, 0.2) is 18.7 Å². The Labute approximate surface area is 97.3 Å². The number of methoxy groups -OCH3 is 1. The summed E-state index contributed by atoms with van der Waals surface area (Å²) in [6.45, 7) is 0. The van der Waals surface area contributed by atoms with Gasteiger partial charge in [-0.15, -0.1) is 0 Å². The molecule has 0 saturated carbocycles. The van der Waals surface area contributed by atoms with Crippen molar-refractivity contribution in [2.45, 2.75) is 0 Å². The molecular formula is C10H11N5O2. The van der Waals surface area contributed by atoms with E-state index >= 15 is 0 Å². The largest absolute Gasteiger partial charge is 0.464 e. The summed E-state index contributed by atoms with van der Waals surface area (Å²) in [6.07, 6.45) is 4.74. The van der Waals surface area contributed by atoms with Crippen LogP contribution in [0.5, 0.6) is 0 Å². The van der Waals surface area contributed by atoms with E-state index in [0.29, 0.717) is 5.69 Å². The molecule has 0 aliphatic heterocycles. The van der Waals surface area contributed by atoms with Gasteiger partial charge in [-0.25, -0.2) is 19.7 Å². The van der Waals surface area contributed by atoms with E-state index in [4.69, 9.17) is 5.73 Å². The highest BCUT2D eigenvalue weighted by Crippen LogP contribution is 2.17. The van der Waals surface area contributed by atoms with Crippen molar-refractivity contribution in [2.75, 3.05) is 12.8 Å². The Kier molecular flexibility index (Phi) is 2.73. The number of nitrogen functional groups attached to an aromatic ring is 1. The topological polar surface area (TPSA) is 95.9 Å². The number of anilines is 1. The van der Waals surface area contributed by atoms with Gasteiger partial charge in [-0.05, 0) is 0 Å². The smallest absolute Gasteiger partial charge is 0.360 e. The van der Waals surface area contributed by atoms with E-state index in [0.717, 1.165) is 5.69 Å². The number of rotatable bonds is 2. The fourth-order valence-electron chi connectivity index (χ4n) is 1.37. The first-order valence-corrected chi connectivity index (χ1v) is 4.81. The Morgan fingerprint density at radius 3 is 2.82 bits per heavy atom. The Morgan fingerprint density at radius 2 is 2.24 bits per heavy atom. The molecule has 0 atom stereocenters. The van der Waals surface area contributed by atoms with Crippen molar-refractivity contribution in [1.29, 1.82) is 0 Å². The summed E-state index contributed by atoms with van der Waals surface area (Å²) < 4.78 is 6.34. The van der Waals surface area contributed by atoms with E-state index in [1.165, 1.54) is 13.3 Å². The SMILES string of the molecule is COC(=O)c1nc(-c2cncn2C)cnc1N. The molecule has 17 heavy (non-hydrogen) atoms. The molecule has 0 aliphatic carbocycles. The van der Waals surface area contributed by atoms with Crippen LogP contribution in [0.3, 0.4) is 0 Å². The van der Waals surface area contributed by atoms with E-state index in [2.05, 4.69) is 19.7 Å². The van der Waals surface area contributed by atoms with Gasteiger partial charge in [0, 0.05) is 7.05 Å². The molecule has 0 aliphatic rings. The molecule has 2 rings (SSSR count). The van der Waals surface area contributed by atoms with Crippen LogP contribution in [0.1, 0.15) is 10.5 Å².